The van der Waals surface area contributed by atoms with Crippen molar-refractivity contribution in [3.63, 3.8) is 0 Å². The summed E-state index contributed by atoms with van der Waals surface area (Å²) in [4.78, 5) is 0. The minimum absolute atomic E-state index is 0.0382. The van der Waals surface area contributed by atoms with E-state index in [2.05, 4.69) is 209 Å². The summed E-state index contributed by atoms with van der Waals surface area (Å²) in [6, 6.07) is 64.7. The maximum Gasteiger partial charge on any atom is 0.212 e. The molecule has 0 aliphatic carbocycles. The van der Waals surface area contributed by atoms with Gasteiger partial charge in [-0.1, -0.05) is 236 Å². The summed E-state index contributed by atoms with van der Waals surface area (Å²) in [7, 11) is 7.90. The van der Waals surface area contributed by atoms with Crippen LogP contribution in [-0.4, -0.2) is 0 Å². The van der Waals surface area contributed by atoms with Gasteiger partial charge in [-0.25, -0.2) is 18.3 Å². The molecule has 0 amide bonds. The number of hydrogen-bond acceptors (Lipinski definition) is 0. The van der Waals surface area contributed by atoms with Crippen LogP contribution in [0.5, 0.6) is 0 Å². The third kappa shape index (κ3) is 22.6. The van der Waals surface area contributed by atoms with Gasteiger partial charge in [0.1, 0.15) is 28.2 Å². The summed E-state index contributed by atoms with van der Waals surface area (Å²) in [5, 5.41) is 0. The van der Waals surface area contributed by atoms with Gasteiger partial charge in [0.05, 0.1) is 0 Å². The van der Waals surface area contributed by atoms with E-state index in [-0.39, 0.29) is 34.1 Å². The standard InChI is InChI=1S/2C28H36N.C26H32N.C25H30N/c2*1-19(2)13-24-16-28(29(7)18-25(24)14-20(3)4)27-17-26(21(5)15-22(27)6)23-11-9-8-10-12-23;1-18-13-19(2)24(15-23(18)21-11-9-8-10-12-21)25-14-22(16-26(4,5)6)20(3)17-27(25)7;1-17(2)12-22-14-25(26(6)16-20(22)5)24-15-23(18(3)13-19(24)4)21-10-8-7-9-11-21/h2*8-12,15-20H,13-14H2,1-7H3;8-15,17H,16H2,1-7H3;7-11,13-17H,12H2,1-6H3/q4*+1/i5D3,13D2,14D2;;1D3,3D3,16D2;. The Morgan fingerprint density at radius 2 is 0.541 bits per heavy atom. The van der Waals surface area contributed by atoms with E-state index in [0.29, 0.717) is 62.5 Å². The highest BCUT2D eigenvalue weighted by Gasteiger charge is 2.26. The molecule has 0 bridgehead atoms. The Hall–Kier alpha value is -9.64. The molecular formula is C107H134N4+4. The zero-order valence-corrected chi connectivity index (χ0v) is 71.1. The number of aryl methyl sites for hydroxylation is 14. The van der Waals surface area contributed by atoms with Crippen molar-refractivity contribution < 1.29 is 38.8 Å². The number of rotatable bonds is 19. The van der Waals surface area contributed by atoms with Crippen LogP contribution in [0.3, 0.4) is 0 Å². The molecule has 578 valence electrons. The third-order valence-electron chi connectivity index (χ3n) is 20.2. The number of hydrogen-bond donors (Lipinski definition) is 0. The second-order valence-electron chi connectivity index (χ2n) is 33.6. The van der Waals surface area contributed by atoms with Crippen molar-refractivity contribution in [2.24, 2.45) is 63.2 Å². The molecule has 4 heteroatoms. The van der Waals surface area contributed by atoms with E-state index in [4.69, 9.17) is 20.6 Å². The van der Waals surface area contributed by atoms with Crippen molar-refractivity contribution in [2.75, 3.05) is 0 Å². The van der Waals surface area contributed by atoms with Gasteiger partial charge in [-0.2, -0.15) is 0 Å². The van der Waals surface area contributed by atoms with Crippen LogP contribution in [0.15, 0.2) is 219 Å². The van der Waals surface area contributed by atoms with Crippen LogP contribution < -0.4 is 18.3 Å². The number of benzene rings is 8. The summed E-state index contributed by atoms with van der Waals surface area (Å²) >= 11 is 0. The molecule has 0 aliphatic rings. The van der Waals surface area contributed by atoms with Gasteiger partial charge in [-0.15, -0.1) is 0 Å². The maximum atomic E-state index is 8.88. The van der Waals surface area contributed by atoms with Crippen LogP contribution in [-0.2, 0) is 66.6 Å². The van der Waals surface area contributed by atoms with Crippen LogP contribution in [0.1, 0.15) is 200 Å². The zero-order chi connectivity index (χ0) is 93.7. The predicted molar refractivity (Wildman–Crippen MR) is 477 cm³/mol. The molecule has 0 saturated heterocycles. The summed E-state index contributed by atoms with van der Waals surface area (Å²) < 4.78 is 134. The van der Waals surface area contributed by atoms with E-state index in [9.17, 15) is 0 Å². The molecule has 0 aliphatic heterocycles. The van der Waals surface area contributed by atoms with Crippen molar-refractivity contribution in [3.05, 3.63) is 308 Å². The van der Waals surface area contributed by atoms with Crippen LogP contribution in [0.25, 0.3) is 89.5 Å². The highest BCUT2D eigenvalue weighted by molar-refractivity contribution is 5.80. The molecule has 0 spiro atoms. The Bertz CT molecular complexity index is 5810. The Morgan fingerprint density at radius 3 is 0.883 bits per heavy atom. The third-order valence-corrected chi connectivity index (χ3v) is 20.2. The van der Waals surface area contributed by atoms with Crippen LogP contribution in [0.2, 0.25) is 0 Å². The van der Waals surface area contributed by atoms with E-state index < -0.39 is 45.1 Å². The first-order chi connectivity index (χ1) is 58.5. The topological polar surface area (TPSA) is 15.5 Å². The van der Waals surface area contributed by atoms with Crippen molar-refractivity contribution in [3.8, 4) is 89.5 Å². The summed E-state index contributed by atoms with van der Waals surface area (Å²) in [5.74, 6) is 1.25. The molecule has 8 aromatic carbocycles. The normalized spacial score (nSPS) is 14.2. The second kappa shape index (κ2) is 38.1. The lowest BCUT2D eigenvalue weighted by Gasteiger charge is -2.20. The van der Waals surface area contributed by atoms with Gasteiger partial charge in [0.2, 0.25) is 22.8 Å². The Balaban J connectivity index is 0.000000191. The minimum Gasteiger partial charge on any atom is -0.201 e. The molecule has 111 heavy (non-hydrogen) atoms. The first-order valence-electron chi connectivity index (χ1n) is 47.3. The van der Waals surface area contributed by atoms with E-state index in [1.165, 1.54) is 95.5 Å². The molecule has 0 saturated carbocycles. The molecule has 0 fully saturated rings. The first-order valence-corrected chi connectivity index (χ1v) is 39.8. The van der Waals surface area contributed by atoms with Gasteiger partial charge < -0.3 is 0 Å². The van der Waals surface area contributed by atoms with Crippen LogP contribution in [0, 0.1) is 104 Å². The number of nitrogens with zero attached hydrogens (tertiary/aromatic N) is 4. The fourth-order valence-electron chi connectivity index (χ4n) is 15.0. The largest absolute Gasteiger partial charge is 0.212 e. The van der Waals surface area contributed by atoms with Gasteiger partial charge >= 0.3 is 0 Å². The molecule has 0 atom stereocenters. The molecule has 12 aromatic rings. The number of pyridine rings is 4. The first kappa shape index (κ1) is 66.0. The summed E-state index contributed by atoms with van der Waals surface area (Å²) in [6.45, 7) is 33.9. The monoisotopic (exact) mass is 1490 g/mol. The SMILES string of the molecule is Cc1c[n+](C)c(-c2cc(-c3ccccc3)c(C)cc2C)cc1CC(C)C.Cc1cc(C)c(-c2cc(CC(C)C)c(CC(C)C)c[n+]2C)cc1-c1ccccc1.[2H]C([2H])([2H])c1cc(C)c(-c2cc(C([2H])([2H])C(C)(C)C)c(C([2H])([2H])[2H])c[n+]2C)cc1-c1ccccc1.[2H]C([2H])([2H])c1cc(C)c(-c2cc(C([2H])([2H])C(C)C)c(C([2H])([2H])C(C)C)c[n+]2C)cc1-c1ccccc1. The van der Waals surface area contributed by atoms with Crippen molar-refractivity contribution in [1.82, 2.24) is 0 Å². The fourth-order valence-corrected chi connectivity index (χ4v) is 15.0. The molecule has 0 N–H and O–H groups in total. The molecule has 0 radical (unpaired) electrons. The number of aromatic nitrogens is 4. The minimum atomic E-state index is -2.50. The molecule has 4 heterocycles. The van der Waals surface area contributed by atoms with Gasteiger partial charge in [-0.3, -0.25) is 0 Å². The Morgan fingerprint density at radius 1 is 0.270 bits per heavy atom. The predicted octanol–water partition coefficient (Wildman–Crippen LogP) is 26.0. The lowest BCUT2D eigenvalue weighted by Crippen LogP contribution is -2.32. The van der Waals surface area contributed by atoms with E-state index in [1.807, 2.05) is 98.3 Å². The molecule has 4 aromatic heterocycles. The quantitative estimate of drug-likeness (QED) is 0.0717. The van der Waals surface area contributed by atoms with Crippen molar-refractivity contribution >= 4 is 0 Å². The van der Waals surface area contributed by atoms with Gasteiger partial charge in [0, 0.05) is 89.3 Å². The summed E-state index contributed by atoms with van der Waals surface area (Å²) in [5.41, 5.74) is 28.9. The molecule has 12 rings (SSSR count). The highest BCUT2D eigenvalue weighted by atomic mass is 14.9. The maximum absolute atomic E-state index is 8.88. The molecular weight excluding hydrogens is 1340 g/mol. The van der Waals surface area contributed by atoms with E-state index >= 15 is 0 Å². The van der Waals surface area contributed by atoms with Crippen molar-refractivity contribution in [1.29, 1.82) is 0 Å². The fraction of sp³-hybridized carbons (Fsp3) is 0.364. The van der Waals surface area contributed by atoms with Gasteiger partial charge in [0.25, 0.3) is 0 Å². The average Bonchev–Trinajstić information content (AvgIpc) is 0.742. The highest BCUT2D eigenvalue weighted by Crippen LogP contribution is 2.38. The van der Waals surface area contributed by atoms with Crippen LogP contribution >= 0.6 is 0 Å². The van der Waals surface area contributed by atoms with Crippen LogP contribution in [0.4, 0.5) is 0 Å². The van der Waals surface area contributed by atoms with Gasteiger partial charge in [0.15, 0.2) is 24.8 Å². The lowest BCUT2D eigenvalue weighted by molar-refractivity contribution is -0.661. The second-order valence-corrected chi connectivity index (χ2v) is 33.6. The van der Waals surface area contributed by atoms with E-state index in [1.54, 1.807) is 90.5 Å². The zero-order valence-electron chi connectivity index (χ0n) is 86.1. The molecule has 0 unspecified atom stereocenters. The Labute approximate surface area is 693 Å². The average molecular weight is 1490 g/mol. The molecule has 4 nitrogen and oxygen atoms in total. The van der Waals surface area contributed by atoms with Crippen molar-refractivity contribution in [2.45, 2.75) is 197 Å². The van der Waals surface area contributed by atoms with Gasteiger partial charge in [-0.05, 0) is 278 Å². The summed E-state index contributed by atoms with van der Waals surface area (Å²) in [6.07, 6.45) is 5.77. The smallest absolute Gasteiger partial charge is 0.201 e. The lowest BCUT2D eigenvalue weighted by atomic mass is 9.86. The Kier molecular flexibility index (Phi) is 22.6. The van der Waals surface area contributed by atoms with E-state index in [0.717, 1.165) is 41.5 Å².